The Morgan fingerprint density at radius 3 is 2.48 bits per heavy atom. The van der Waals surface area contributed by atoms with Crippen molar-refractivity contribution in [3.05, 3.63) is 5.82 Å². The molecule has 2 fully saturated rings. The Morgan fingerprint density at radius 1 is 1.19 bits per heavy atom. The molecule has 1 aromatic heterocycles. The van der Waals surface area contributed by atoms with Gasteiger partial charge in [0.1, 0.15) is 5.82 Å². The number of piperazine rings is 1. The molecule has 27 heavy (non-hydrogen) atoms. The Bertz CT molecular complexity index is 596. The molecule has 1 aromatic rings. The number of rotatable bonds is 5. The SMILES string of the molecule is CCNC(=NCC1(O)CCCCC1)N1CCN(c2nc(CC)ns2)CC1.I. The van der Waals surface area contributed by atoms with Crippen LogP contribution >= 0.6 is 35.5 Å². The highest BCUT2D eigenvalue weighted by Gasteiger charge is 2.29. The Balaban J connectivity index is 0.00000261. The number of aliphatic hydroxyl groups is 1. The van der Waals surface area contributed by atoms with Gasteiger partial charge in [0.05, 0.1) is 12.1 Å². The van der Waals surface area contributed by atoms with Crippen LogP contribution in [-0.2, 0) is 6.42 Å². The van der Waals surface area contributed by atoms with E-state index in [0.29, 0.717) is 6.54 Å². The van der Waals surface area contributed by atoms with Crippen molar-refractivity contribution in [1.82, 2.24) is 19.6 Å². The first-order chi connectivity index (χ1) is 12.6. The van der Waals surface area contributed by atoms with Gasteiger partial charge < -0.3 is 20.2 Å². The van der Waals surface area contributed by atoms with Gasteiger partial charge in [0.15, 0.2) is 5.96 Å². The molecule has 1 aliphatic heterocycles. The van der Waals surface area contributed by atoms with E-state index in [1.54, 1.807) is 0 Å². The summed E-state index contributed by atoms with van der Waals surface area (Å²) in [6.45, 7) is 9.19. The number of hydrogen-bond acceptors (Lipinski definition) is 6. The van der Waals surface area contributed by atoms with Gasteiger partial charge in [0, 0.05) is 50.7 Å². The quantitative estimate of drug-likeness (QED) is 0.362. The Kier molecular flexibility index (Phi) is 9.00. The number of aryl methyl sites for hydroxylation is 1. The maximum atomic E-state index is 10.7. The second kappa shape index (κ2) is 10.8. The molecule has 0 radical (unpaired) electrons. The van der Waals surface area contributed by atoms with E-state index in [-0.39, 0.29) is 24.0 Å². The highest BCUT2D eigenvalue weighted by atomic mass is 127. The maximum Gasteiger partial charge on any atom is 0.205 e. The predicted octanol–water partition coefficient (Wildman–Crippen LogP) is 2.50. The maximum absolute atomic E-state index is 10.7. The van der Waals surface area contributed by atoms with Crippen molar-refractivity contribution in [1.29, 1.82) is 0 Å². The van der Waals surface area contributed by atoms with Gasteiger partial charge in [-0.25, -0.2) is 4.98 Å². The van der Waals surface area contributed by atoms with Crippen molar-refractivity contribution in [3.63, 3.8) is 0 Å². The van der Waals surface area contributed by atoms with Gasteiger partial charge in [-0.3, -0.25) is 4.99 Å². The number of nitrogens with one attached hydrogen (secondary N) is 1. The molecule has 2 N–H and O–H groups in total. The summed E-state index contributed by atoms with van der Waals surface area (Å²) in [5.41, 5.74) is -0.607. The van der Waals surface area contributed by atoms with E-state index in [2.05, 4.69) is 38.3 Å². The number of guanidine groups is 1. The summed E-state index contributed by atoms with van der Waals surface area (Å²) in [6, 6.07) is 0. The fourth-order valence-electron chi connectivity index (χ4n) is 3.64. The number of aliphatic imine (C=N–C) groups is 1. The number of aromatic nitrogens is 2. The third kappa shape index (κ3) is 6.15. The summed E-state index contributed by atoms with van der Waals surface area (Å²) >= 11 is 1.50. The first kappa shape index (κ1) is 22.6. The van der Waals surface area contributed by atoms with Crippen LogP contribution in [0.15, 0.2) is 4.99 Å². The van der Waals surface area contributed by atoms with Crippen LogP contribution in [0.5, 0.6) is 0 Å². The number of halogens is 1. The van der Waals surface area contributed by atoms with Crippen LogP contribution in [0.25, 0.3) is 0 Å². The zero-order valence-corrected chi connectivity index (χ0v) is 19.6. The molecular weight excluding hydrogens is 475 g/mol. The van der Waals surface area contributed by atoms with Crippen molar-refractivity contribution in [2.45, 2.75) is 58.0 Å². The number of anilines is 1. The fraction of sp³-hybridized carbons (Fsp3) is 0.833. The molecule has 1 saturated heterocycles. The van der Waals surface area contributed by atoms with Crippen LogP contribution in [0.4, 0.5) is 5.13 Å². The van der Waals surface area contributed by atoms with Gasteiger partial charge in [-0.05, 0) is 19.8 Å². The molecule has 0 bridgehead atoms. The van der Waals surface area contributed by atoms with Gasteiger partial charge in [-0.2, -0.15) is 4.37 Å². The molecule has 154 valence electrons. The fourth-order valence-corrected chi connectivity index (χ4v) is 4.44. The Labute approximate surface area is 183 Å². The highest BCUT2D eigenvalue weighted by Crippen LogP contribution is 2.28. The van der Waals surface area contributed by atoms with Crippen LogP contribution in [0, 0.1) is 0 Å². The zero-order chi connectivity index (χ0) is 18.4. The summed E-state index contributed by atoms with van der Waals surface area (Å²) in [5.74, 6) is 1.86. The number of nitrogens with zero attached hydrogens (tertiary/aromatic N) is 5. The second-order valence-electron chi connectivity index (χ2n) is 7.28. The van der Waals surface area contributed by atoms with E-state index in [0.717, 1.165) is 81.7 Å². The predicted molar refractivity (Wildman–Crippen MR) is 123 cm³/mol. The molecule has 1 aliphatic carbocycles. The van der Waals surface area contributed by atoms with E-state index in [4.69, 9.17) is 4.99 Å². The van der Waals surface area contributed by atoms with Crippen LogP contribution in [0.3, 0.4) is 0 Å². The van der Waals surface area contributed by atoms with E-state index >= 15 is 0 Å². The van der Waals surface area contributed by atoms with Crippen molar-refractivity contribution in [2.75, 3.05) is 44.2 Å². The third-order valence-electron chi connectivity index (χ3n) is 5.27. The number of hydrogen-bond donors (Lipinski definition) is 2. The molecule has 0 spiro atoms. The molecular formula is C18H33IN6OS. The summed E-state index contributed by atoms with van der Waals surface area (Å²) in [7, 11) is 0. The molecule has 0 amide bonds. The third-order valence-corrected chi connectivity index (χ3v) is 6.08. The van der Waals surface area contributed by atoms with Crippen molar-refractivity contribution < 1.29 is 5.11 Å². The van der Waals surface area contributed by atoms with Crippen molar-refractivity contribution in [2.24, 2.45) is 4.99 Å². The average molecular weight is 508 g/mol. The highest BCUT2D eigenvalue weighted by molar-refractivity contribution is 14.0. The molecule has 0 unspecified atom stereocenters. The van der Waals surface area contributed by atoms with Crippen molar-refractivity contribution in [3.8, 4) is 0 Å². The minimum atomic E-state index is -0.607. The van der Waals surface area contributed by atoms with Crippen LogP contribution in [0.1, 0.15) is 51.8 Å². The molecule has 1 saturated carbocycles. The minimum absolute atomic E-state index is 0. The lowest BCUT2D eigenvalue weighted by molar-refractivity contribution is 0.0129. The molecule has 9 heteroatoms. The second-order valence-corrected chi connectivity index (χ2v) is 8.01. The summed E-state index contributed by atoms with van der Waals surface area (Å²) < 4.78 is 4.39. The smallest absolute Gasteiger partial charge is 0.205 e. The molecule has 2 heterocycles. The van der Waals surface area contributed by atoms with Gasteiger partial charge in [0.25, 0.3) is 0 Å². The van der Waals surface area contributed by atoms with Crippen LogP contribution in [-0.4, -0.2) is 70.2 Å². The Morgan fingerprint density at radius 2 is 1.89 bits per heavy atom. The van der Waals surface area contributed by atoms with Gasteiger partial charge in [0.2, 0.25) is 5.13 Å². The standard InChI is InChI=1S/C18H32N6OS.HI/c1-3-15-21-17(26-22-15)24-12-10-23(11-13-24)16(19-4-2)20-14-18(25)8-6-5-7-9-18;/h25H,3-14H2,1-2H3,(H,19,20);1H. The van der Waals surface area contributed by atoms with Gasteiger partial charge >= 0.3 is 0 Å². The molecule has 3 rings (SSSR count). The lowest BCUT2D eigenvalue weighted by Crippen LogP contribution is -2.53. The first-order valence-corrected chi connectivity index (χ1v) is 10.7. The lowest BCUT2D eigenvalue weighted by atomic mass is 9.85. The Hall–Kier alpha value is -0.680. The topological polar surface area (TPSA) is 76.9 Å². The summed E-state index contributed by atoms with van der Waals surface area (Å²) in [6.07, 6.45) is 6.10. The van der Waals surface area contributed by atoms with Crippen molar-refractivity contribution >= 4 is 46.6 Å². The minimum Gasteiger partial charge on any atom is -0.388 e. The summed E-state index contributed by atoms with van der Waals surface area (Å²) in [4.78, 5) is 14.0. The van der Waals surface area contributed by atoms with Gasteiger partial charge in [-0.1, -0.05) is 26.2 Å². The monoisotopic (exact) mass is 508 g/mol. The lowest BCUT2D eigenvalue weighted by Gasteiger charge is -2.37. The molecule has 0 atom stereocenters. The molecule has 0 aromatic carbocycles. The van der Waals surface area contributed by atoms with E-state index in [1.807, 2.05) is 0 Å². The zero-order valence-electron chi connectivity index (χ0n) is 16.5. The largest absolute Gasteiger partial charge is 0.388 e. The molecule has 2 aliphatic rings. The molecule has 7 nitrogen and oxygen atoms in total. The van der Waals surface area contributed by atoms with E-state index < -0.39 is 5.60 Å². The van der Waals surface area contributed by atoms with Crippen LogP contribution < -0.4 is 10.2 Å². The summed E-state index contributed by atoms with van der Waals surface area (Å²) in [5, 5.41) is 15.2. The van der Waals surface area contributed by atoms with Gasteiger partial charge in [-0.15, -0.1) is 24.0 Å². The van der Waals surface area contributed by atoms with E-state index in [9.17, 15) is 5.11 Å². The average Bonchev–Trinajstić information content (AvgIpc) is 3.15. The first-order valence-electron chi connectivity index (χ1n) is 9.97. The normalized spacial score (nSPS) is 20.3. The van der Waals surface area contributed by atoms with Crippen LogP contribution in [0.2, 0.25) is 0 Å². The van der Waals surface area contributed by atoms with E-state index in [1.165, 1.54) is 18.0 Å².